The smallest absolute Gasteiger partial charge is 0.226 e. The van der Waals surface area contributed by atoms with Gasteiger partial charge in [-0.3, -0.25) is 4.99 Å². The summed E-state index contributed by atoms with van der Waals surface area (Å²) in [5.74, 6) is 1.35. The number of rotatable bonds is 6. The van der Waals surface area contributed by atoms with Crippen molar-refractivity contribution in [1.29, 1.82) is 0 Å². The minimum atomic E-state index is 0.542. The molecule has 0 spiro atoms. The predicted octanol–water partition coefficient (Wildman–Crippen LogP) is 3.96. The lowest BCUT2D eigenvalue weighted by molar-refractivity contribution is 0.572. The molecular formula is C18H19ClN4OS. The van der Waals surface area contributed by atoms with Gasteiger partial charge >= 0.3 is 0 Å². The van der Waals surface area contributed by atoms with E-state index in [0.29, 0.717) is 12.4 Å². The lowest BCUT2D eigenvalue weighted by Crippen LogP contribution is -2.37. The Morgan fingerprint density at radius 3 is 2.76 bits per heavy atom. The third-order valence-electron chi connectivity index (χ3n) is 3.53. The fourth-order valence-corrected chi connectivity index (χ4v) is 3.37. The van der Waals surface area contributed by atoms with Crippen LogP contribution in [-0.2, 0) is 13.0 Å². The van der Waals surface area contributed by atoms with E-state index in [1.165, 1.54) is 4.88 Å². The molecule has 1 aromatic carbocycles. The number of halogens is 1. The molecule has 3 rings (SSSR count). The summed E-state index contributed by atoms with van der Waals surface area (Å²) in [5, 5.41) is 6.52. The van der Waals surface area contributed by atoms with E-state index in [1.807, 2.05) is 42.5 Å². The first-order chi connectivity index (χ1) is 12.2. The predicted molar refractivity (Wildman–Crippen MR) is 103 cm³/mol. The molecule has 0 aliphatic carbocycles. The summed E-state index contributed by atoms with van der Waals surface area (Å²) in [6.45, 7) is 1.32. The van der Waals surface area contributed by atoms with Crippen LogP contribution in [0.25, 0.3) is 11.5 Å². The molecule has 25 heavy (non-hydrogen) atoms. The molecule has 130 valence electrons. The van der Waals surface area contributed by atoms with E-state index in [9.17, 15) is 0 Å². The van der Waals surface area contributed by atoms with Crippen molar-refractivity contribution in [2.75, 3.05) is 13.6 Å². The van der Waals surface area contributed by atoms with E-state index >= 15 is 0 Å². The second-order valence-corrected chi connectivity index (χ2v) is 7.12. The molecule has 5 nitrogen and oxygen atoms in total. The molecule has 0 amide bonds. The number of oxazole rings is 1. The molecule has 0 saturated carbocycles. The highest BCUT2D eigenvalue weighted by atomic mass is 35.5. The van der Waals surface area contributed by atoms with Crippen molar-refractivity contribution in [3.05, 3.63) is 63.6 Å². The van der Waals surface area contributed by atoms with Crippen molar-refractivity contribution in [2.24, 2.45) is 4.99 Å². The number of thiophene rings is 1. The number of nitrogens with one attached hydrogen (secondary N) is 2. The Kier molecular flexibility index (Phi) is 6.09. The SMILES string of the molecule is CN=C(NCCc1ccc(Cl)s1)NCc1coc(-c2ccccc2)n1. The van der Waals surface area contributed by atoms with Crippen LogP contribution in [-0.4, -0.2) is 24.5 Å². The second kappa shape index (κ2) is 8.69. The average molecular weight is 375 g/mol. The van der Waals surface area contributed by atoms with E-state index < -0.39 is 0 Å². The van der Waals surface area contributed by atoms with Crippen molar-refractivity contribution >= 4 is 28.9 Å². The normalized spacial score (nSPS) is 11.5. The van der Waals surface area contributed by atoms with Gasteiger partial charge in [-0.2, -0.15) is 0 Å². The van der Waals surface area contributed by atoms with E-state index in [-0.39, 0.29) is 0 Å². The van der Waals surface area contributed by atoms with Crippen molar-refractivity contribution in [1.82, 2.24) is 15.6 Å². The molecule has 0 radical (unpaired) electrons. The van der Waals surface area contributed by atoms with E-state index in [2.05, 4.69) is 20.6 Å². The summed E-state index contributed by atoms with van der Waals surface area (Å²) in [6.07, 6.45) is 2.57. The topological polar surface area (TPSA) is 62.5 Å². The monoisotopic (exact) mass is 374 g/mol. The van der Waals surface area contributed by atoms with Crippen LogP contribution in [0.5, 0.6) is 0 Å². The molecule has 0 aliphatic rings. The third-order valence-corrected chi connectivity index (χ3v) is 4.82. The zero-order valence-corrected chi connectivity index (χ0v) is 15.4. The van der Waals surface area contributed by atoms with Gasteiger partial charge in [0.25, 0.3) is 0 Å². The maximum atomic E-state index is 5.94. The van der Waals surface area contributed by atoms with Crippen LogP contribution in [0.15, 0.2) is 58.1 Å². The Morgan fingerprint density at radius 2 is 2.04 bits per heavy atom. The van der Waals surface area contributed by atoms with Gasteiger partial charge < -0.3 is 15.1 Å². The molecule has 7 heteroatoms. The third kappa shape index (κ3) is 5.08. The van der Waals surface area contributed by atoms with Gasteiger partial charge in [0.15, 0.2) is 5.96 Å². The lowest BCUT2D eigenvalue weighted by atomic mass is 10.2. The van der Waals surface area contributed by atoms with Gasteiger partial charge in [0, 0.05) is 24.0 Å². The maximum absolute atomic E-state index is 5.94. The Labute approximate surface area is 155 Å². The highest BCUT2D eigenvalue weighted by molar-refractivity contribution is 7.16. The van der Waals surface area contributed by atoms with Crippen LogP contribution >= 0.6 is 22.9 Å². The summed E-state index contributed by atoms with van der Waals surface area (Å²) in [4.78, 5) is 9.96. The molecule has 0 bridgehead atoms. The minimum Gasteiger partial charge on any atom is -0.444 e. The Hall–Kier alpha value is -2.31. The van der Waals surface area contributed by atoms with Crippen LogP contribution in [0.2, 0.25) is 4.34 Å². The number of nitrogens with zero attached hydrogens (tertiary/aromatic N) is 2. The first-order valence-corrected chi connectivity index (χ1v) is 9.12. The first kappa shape index (κ1) is 17.5. The maximum Gasteiger partial charge on any atom is 0.226 e. The summed E-state index contributed by atoms with van der Waals surface area (Å²) < 4.78 is 6.35. The molecule has 3 aromatic rings. The lowest BCUT2D eigenvalue weighted by Gasteiger charge is -2.10. The van der Waals surface area contributed by atoms with Crippen LogP contribution in [0.3, 0.4) is 0 Å². The van der Waals surface area contributed by atoms with Crippen molar-refractivity contribution in [3.8, 4) is 11.5 Å². The molecule has 0 aliphatic heterocycles. The van der Waals surface area contributed by atoms with Gasteiger partial charge in [0.2, 0.25) is 5.89 Å². The fourth-order valence-electron chi connectivity index (χ4n) is 2.29. The number of aliphatic imine (C=N–C) groups is 1. The first-order valence-electron chi connectivity index (χ1n) is 7.93. The van der Waals surface area contributed by atoms with Crippen molar-refractivity contribution < 1.29 is 4.42 Å². The highest BCUT2D eigenvalue weighted by Crippen LogP contribution is 2.21. The van der Waals surface area contributed by atoms with Gasteiger partial charge in [0.05, 0.1) is 16.6 Å². The molecule has 0 unspecified atom stereocenters. The van der Waals surface area contributed by atoms with Gasteiger partial charge in [0.1, 0.15) is 6.26 Å². The van der Waals surface area contributed by atoms with Gasteiger partial charge in [-0.25, -0.2) is 4.98 Å². The average Bonchev–Trinajstić information content (AvgIpc) is 3.28. The van der Waals surface area contributed by atoms with Gasteiger partial charge in [-0.05, 0) is 30.7 Å². The summed E-state index contributed by atoms with van der Waals surface area (Å²) in [6, 6.07) is 13.8. The molecule has 2 N–H and O–H groups in total. The summed E-state index contributed by atoms with van der Waals surface area (Å²) in [5.41, 5.74) is 1.79. The summed E-state index contributed by atoms with van der Waals surface area (Å²) in [7, 11) is 1.75. The molecule has 0 fully saturated rings. The molecule has 0 atom stereocenters. The number of hydrogen-bond donors (Lipinski definition) is 2. The quantitative estimate of drug-likeness (QED) is 0.506. The van der Waals surface area contributed by atoms with Gasteiger partial charge in [-0.1, -0.05) is 29.8 Å². The van der Waals surface area contributed by atoms with Crippen LogP contribution < -0.4 is 10.6 Å². The largest absolute Gasteiger partial charge is 0.444 e. The summed E-state index contributed by atoms with van der Waals surface area (Å²) >= 11 is 7.54. The Bertz CT molecular complexity index is 828. The van der Waals surface area contributed by atoms with E-state index in [4.69, 9.17) is 16.0 Å². The van der Waals surface area contributed by atoms with Crippen LogP contribution in [0, 0.1) is 0 Å². The Morgan fingerprint density at radius 1 is 1.20 bits per heavy atom. The highest BCUT2D eigenvalue weighted by Gasteiger charge is 2.07. The standard InChI is InChI=1S/C18H19ClN4OS/c1-20-18(21-10-9-15-7-8-16(19)25-15)22-11-14-12-24-17(23-14)13-5-3-2-4-6-13/h2-8,12H,9-11H2,1H3,(H2,20,21,22). The number of hydrogen-bond acceptors (Lipinski definition) is 4. The van der Waals surface area contributed by atoms with Gasteiger partial charge in [-0.15, -0.1) is 11.3 Å². The molecule has 0 saturated heterocycles. The van der Waals surface area contributed by atoms with E-state index in [0.717, 1.165) is 34.5 Å². The van der Waals surface area contributed by atoms with Crippen LogP contribution in [0.4, 0.5) is 0 Å². The Balaban J connectivity index is 1.47. The van der Waals surface area contributed by atoms with Crippen molar-refractivity contribution in [3.63, 3.8) is 0 Å². The number of guanidine groups is 1. The zero-order chi connectivity index (χ0) is 17.5. The van der Waals surface area contributed by atoms with E-state index in [1.54, 1.807) is 24.6 Å². The second-order valence-electron chi connectivity index (χ2n) is 5.32. The number of benzene rings is 1. The van der Waals surface area contributed by atoms with Crippen LogP contribution in [0.1, 0.15) is 10.6 Å². The molecule has 2 heterocycles. The molecule has 2 aromatic heterocycles. The van der Waals surface area contributed by atoms with Crippen molar-refractivity contribution in [2.45, 2.75) is 13.0 Å². The fraction of sp³-hybridized carbons (Fsp3) is 0.222. The zero-order valence-electron chi connectivity index (χ0n) is 13.8. The minimum absolute atomic E-state index is 0.542. The number of aromatic nitrogens is 1. The molecular weight excluding hydrogens is 356 g/mol.